The van der Waals surface area contributed by atoms with Crippen molar-refractivity contribution in [3.05, 3.63) is 0 Å². The second-order valence-electron chi connectivity index (χ2n) is 2.15. The molecule has 0 heterocycles. The van der Waals surface area contributed by atoms with E-state index in [9.17, 15) is 21.0 Å². The molecule has 160 valence electrons. The Kier molecular flexibility index (Phi) is 131. The van der Waals surface area contributed by atoms with Crippen molar-refractivity contribution < 1.29 is 281 Å². The molecule has 0 radical (unpaired) electrons. The topological polar surface area (TPSA) is 316 Å². The fourth-order valence-electron chi connectivity index (χ4n) is 0. The summed E-state index contributed by atoms with van der Waals surface area (Å²) >= 11 is 0. The smallest absolute Gasteiger partial charge is 0.786 e. The molecule has 0 bridgehead atoms. The van der Waals surface area contributed by atoms with Crippen molar-refractivity contribution in [1.82, 2.24) is 0 Å². The van der Waals surface area contributed by atoms with Crippen molar-refractivity contribution >= 4 is 39.5 Å². The number of halogens is 5. The molecule has 35 heavy (non-hydrogen) atoms. The van der Waals surface area contributed by atoms with E-state index in [4.69, 9.17) is 71.8 Å². The molecule has 0 amide bonds. The van der Waals surface area contributed by atoms with Crippen molar-refractivity contribution in [2.24, 2.45) is 0 Å². The maximum atomic E-state index is 10.1. The summed E-state index contributed by atoms with van der Waals surface area (Å²) in [5.74, 6) is 0. The van der Waals surface area contributed by atoms with Crippen LogP contribution in [0.3, 0.4) is 0 Å². The Labute approximate surface area is 316 Å². The van der Waals surface area contributed by atoms with Gasteiger partial charge in [-0.15, -0.1) is 0 Å². The van der Waals surface area contributed by atoms with E-state index in [0.29, 0.717) is 0 Å². The SMILES string of the molecule is O=P([O-])([O-])F.O=P([O-])([O-])F.O=P([O-])([O-])F.O=P([O-])([O-])F.O=P([O-])([O-])F.[Li+].[Li+].[Li+].[Li+].[Li+].[Li+].[Li+].[Li+].[Li+].[Li+]. The van der Waals surface area contributed by atoms with Gasteiger partial charge in [-0.25, -0.2) is 21.0 Å². The monoisotopic (exact) mass is 560 g/mol. The Balaban J connectivity index is -0.0000000103. The molecule has 0 atom stereocenters. The second-order valence-corrected chi connectivity index (χ2v) is 6.46. The van der Waals surface area contributed by atoms with Gasteiger partial charge >= 0.3 is 189 Å². The first-order valence-corrected chi connectivity index (χ1v) is 10.8. The fourth-order valence-corrected chi connectivity index (χ4v) is 0. The zero-order chi connectivity index (χ0) is 22.5. The number of rotatable bonds is 0. The molecular formula is F5Li10O15P5. The van der Waals surface area contributed by atoms with Gasteiger partial charge in [0.05, 0.1) is 0 Å². The standard InChI is InChI=1S/5FH2O3P.10Li/c5*1-5(2,3)4;;;;;;;;;;/h5*(H2,2,3,4);;;;;;;;;;/q;;;;;10*+1/p-10. The minimum atomic E-state index is -5.64. The maximum absolute atomic E-state index is 10.1. The molecule has 0 rings (SSSR count). The average Bonchev–Trinajstić information content (AvgIpc) is 1.79. The molecule has 0 spiro atoms. The minimum absolute atomic E-state index is 0. The van der Waals surface area contributed by atoms with E-state index < -0.39 is 39.5 Å². The largest absolute Gasteiger partial charge is 1.00 e. The Morgan fingerprint density at radius 1 is 0.257 bits per heavy atom. The first-order valence-electron chi connectivity index (χ1n) is 3.58. The van der Waals surface area contributed by atoms with Crippen LogP contribution in [0.25, 0.3) is 0 Å². The average molecular weight is 559 g/mol. The Morgan fingerprint density at radius 3 is 0.257 bits per heavy atom. The summed E-state index contributed by atoms with van der Waals surface area (Å²) in [5.41, 5.74) is 0. The molecule has 0 aliphatic carbocycles. The van der Waals surface area contributed by atoms with Crippen molar-refractivity contribution in [2.45, 2.75) is 0 Å². The third-order valence-corrected chi connectivity index (χ3v) is 0. The molecule has 0 unspecified atom stereocenters. The van der Waals surface area contributed by atoms with Crippen LogP contribution in [0.4, 0.5) is 21.0 Å². The van der Waals surface area contributed by atoms with Gasteiger partial charge in [0.15, 0.2) is 0 Å². The van der Waals surface area contributed by atoms with Gasteiger partial charge < -0.3 is 71.8 Å². The normalized spacial score (nSPS) is 8.43. The van der Waals surface area contributed by atoms with Gasteiger partial charge in [0.2, 0.25) is 0 Å². The van der Waals surface area contributed by atoms with E-state index in [1.54, 1.807) is 0 Å². The predicted octanol–water partition coefficient (Wildman–Crippen LogP) is -36.0. The second kappa shape index (κ2) is 47.3. The molecule has 0 N–H and O–H groups in total. The van der Waals surface area contributed by atoms with Gasteiger partial charge in [-0.1, -0.05) is 0 Å². The van der Waals surface area contributed by atoms with Crippen molar-refractivity contribution in [3.63, 3.8) is 0 Å². The number of hydrogen-bond acceptors (Lipinski definition) is 15. The molecular weight excluding hydrogens is 559 g/mol. The number of hydrogen-bond donors (Lipinski definition) is 0. The van der Waals surface area contributed by atoms with Crippen LogP contribution in [0.5, 0.6) is 0 Å². The predicted molar refractivity (Wildman–Crippen MR) is 43.6 cm³/mol. The van der Waals surface area contributed by atoms with Crippen LogP contribution < -0.4 is 238 Å². The molecule has 0 saturated carbocycles. The van der Waals surface area contributed by atoms with Crippen LogP contribution in [-0.4, -0.2) is 0 Å². The third-order valence-electron chi connectivity index (χ3n) is 0. The van der Waals surface area contributed by atoms with Crippen LogP contribution in [0.2, 0.25) is 0 Å². The van der Waals surface area contributed by atoms with Crippen molar-refractivity contribution in [1.29, 1.82) is 0 Å². The van der Waals surface area contributed by atoms with E-state index >= 15 is 0 Å². The van der Waals surface area contributed by atoms with E-state index in [1.165, 1.54) is 0 Å². The van der Waals surface area contributed by atoms with E-state index in [2.05, 4.69) is 0 Å². The van der Waals surface area contributed by atoms with Gasteiger partial charge in [0, 0.05) is 0 Å². The summed E-state index contributed by atoms with van der Waals surface area (Å²) in [6, 6.07) is 0. The fraction of sp³-hybridized carbons (Fsp3) is 0. The molecule has 15 nitrogen and oxygen atoms in total. The van der Waals surface area contributed by atoms with Crippen molar-refractivity contribution in [2.75, 3.05) is 0 Å². The summed E-state index contributed by atoms with van der Waals surface area (Å²) in [5, 5.41) is 0. The Hall–Kier alpha value is 6.37. The quantitative estimate of drug-likeness (QED) is 0.151. The molecule has 0 aliphatic heterocycles. The van der Waals surface area contributed by atoms with Gasteiger partial charge in [-0.05, 0) is 0 Å². The molecule has 0 fully saturated rings. The van der Waals surface area contributed by atoms with Gasteiger partial charge in [0.25, 0.3) is 0 Å². The minimum Gasteiger partial charge on any atom is -0.786 e. The summed E-state index contributed by atoms with van der Waals surface area (Å²) in [4.78, 5) is 84.4. The Morgan fingerprint density at radius 2 is 0.257 bits per heavy atom. The molecule has 0 aliphatic rings. The molecule has 0 aromatic heterocycles. The van der Waals surface area contributed by atoms with Crippen LogP contribution in [0.15, 0.2) is 0 Å². The van der Waals surface area contributed by atoms with Crippen LogP contribution in [0.1, 0.15) is 0 Å². The summed E-state index contributed by atoms with van der Waals surface area (Å²) in [6.45, 7) is 0. The first-order chi connectivity index (χ1) is 10.0. The van der Waals surface area contributed by atoms with Gasteiger partial charge in [-0.3, -0.25) is 0 Å². The van der Waals surface area contributed by atoms with Gasteiger partial charge in [-0.2, -0.15) is 0 Å². The molecule has 0 aromatic rings. The molecule has 0 aromatic carbocycles. The third kappa shape index (κ3) is 1460. The molecule has 0 saturated heterocycles. The Bertz CT molecular complexity index is 411. The zero-order valence-corrected chi connectivity index (χ0v) is 24.7. The maximum Gasteiger partial charge on any atom is 1.00 e. The summed E-state index contributed by atoms with van der Waals surface area (Å²) in [6.07, 6.45) is 0. The zero-order valence-electron chi connectivity index (χ0n) is 20.2. The van der Waals surface area contributed by atoms with Crippen LogP contribution in [0, 0.1) is 0 Å². The van der Waals surface area contributed by atoms with E-state index in [0.717, 1.165) is 0 Å². The first kappa shape index (κ1) is 97.0. The molecule has 35 heteroatoms. The van der Waals surface area contributed by atoms with Crippen LogP contribution in [-0.2, 0) is 22.8 Å². The van der Waals surface area contributed by atoms with E-state index in [1.807, 2.05) is 0 Å². The van der Waals surface area contributed by atoms with Crippen molar-refractivity contribution in [3.8, 4) is 0 Å². The van der Waals surface area contributed by atoms with E-state index in [-0.39, 0.29) is 189 Å². The van der Waals surface area contributed by atoms with Gasteiger partial charge in [0.1, 0.15) is 39.5 Å². The summed E-state index contributed by atoms with van der Waals surface area (Å²) < 4.78 is 92.8. The van der Waals surface area contributed by atoms with Crippen LogP contribution >= 0.6 is 39.5 Å². The summed E-state index contributed by atoms with van der Waals surface area (Å²) in [7, 11) is -28.2.